The molecule has 0 saturated carbocycles. The van der Waals surface area contributed by atoms with Gasteiger partial charge in [0.25, 0.3) is 0 Å². The Bertz CT molecular complexity index is 447. The lowest BCUT2D eigenvalue weighted by atomic mass is 10.1. The van der Waals surface area contributed by atoms with Gasteiger partial charge in [-0.3, -0.25) is 9.69 Å². The lowest BCUT2D eigenvalue weighted by Crippen LogP contribution is -2.52. The van der Waals surface area contributed by atoms with Crippen LogP contribution in [0.5, 0.6) is 0 Å². The molecule has 0 radical (unpaired) electrons. The van der Waals surface area contributed by atoms with Gasteiger partial charge in [0.15, 0.2) is 0 Å². The number of amides is 1. The average Bonchev–Trinajstić information content (AvgIpc) is 2.42. The highest BCUT2D eigenvalue weighted by Gasteiger charge is 2.29. The number of halogens is 1. The van der Waals surface area contributed by atoms with Crippen LogP contribution >= 0.6 is 0 Å². The topological polar surface area (TPSA) is 67.6 Å². The number of nitrogens with two attached hydrogens (primary N) is 1. The Labute approximate surface area is 111 Å². The maximum Gasteiger partial charge on any atom is 0.239 e. The second-order valence-electron chi connectivity index (χ2n) is 4.48. The molecule has 5 nitrogen and oxygen atoms in total. The van der Waals surface area contributed by atoms with Gasteiger partial charge in [-0.1, -0.05) is 6.07 Å². The Kier molecular flexibility index (Phi) is 4.34. The van der Waals surface area contributed by atoms with Crippen LogP contribution < -0.4 is 11.1 Å². The number of hydrogen-bond acceptors (Lipinski definition) is 4. The van der Waals surface area contributed by atoms with E-state index in [-0.39, 0.29) is 11.7 Å². The number of nitrogen functional groups attached to an aromatic ring is 1. The summed E-state index contributed by atoms with van der Waals surface area (Å²) < 4.78 is 19.1. The van der Waals surface area contributed by atoms with Crippen molar-refractivity contribution in [3.63, 3.8) is 0 Å². The number of morpholine rings is 1. The Morgan fingerprint density at radius 3 is 3.11 bits per heavy atom. The largest absolute Gasteiger partial charge is 0.398 e. The quantitative estimate of drug-likeness (QED) is 0.776. The fourth-order valence-corrected chi connectivity index (χ4v) is 2.18. The second kappa shape index (κ2) is 5.99. The van der Waals surface area contributed by atoms with Crippen molar-refractivity contribution < 1.29 is 13.9 Å². The molecule has 1 aliphatic heterocycles. The number of anilines is 1. The standard InChI is InChI=1S/C13H18FN3O2/c1-16-13(18)12-8-19-6-5-17(12)7-9-10(14)3-2-4-11(9)15/h2-4,12H,5-8,15H2,1H3,(H,16,18). The fourth-order valence-electron chi connectivity index (χ4n) is 2.18. The number of likely N-dealkylation sites (N-methyl/N-ethyl adjacent to an activating group) is 1. The summed E-state index contributed by atoms with van der Waals surface area (Å²) in [5, 5.41) is 2.59. The summed E-state index contributed by atoms with van der Waals surface area (Å²) in [5.41, 5.74) is 6.63. The highest BCUT2D eigenvalue weighted by molar-refractivity contribution is 5.81. The number of hydrogen-bond donors (Lipinski definition) is 2. The van der Waals surface area contributed by atoms with Crippen molar-refractivity contribution in [2.75, 3.05) is 32.5 Å². The highest BCUT2D eigenvalue weighted by Crippen LogP contribution is 2.20. The third-order valence-electron chi connectivity index (χ3n) is 3.30. The van der Waals surface area contributed by atoms with E-state index in [0.717, 1.165) is 0 Å². The summed E-state index contributed by atoms with van der Waals surface area (Å²) in [7, 11) is 1.58. The van der Waals surface area contributed by atoms with Crippen LogP contribution in [0.4, 0.5) is 10.1 Å². The molecule has 1 aliphatic rings. The van der Waals surface area contributed by atoms with Gasteiger partial charge in [0.1, 0.15) is 11.9 Å². The molecule has 1 unspecified atom stereocenters. The van der Waals surface area contributed by atoms with Gasteiger partial charge >= 0.3 is 0 Å². The van der Waals surface area contributed by atoms with Gasteiger partial charge in [-0.15, -0.1) is 0 Å². The Balaban J connectivity index is 2.18. The first-order chi connectivity index (χ1) is 9.13. The highest BCUT2D eigenvalue weighted by atomic mass is 19.1. The van der Waals surface area contributed by atoms with Crippen molar-refractivity contribution in [2.24, 2.45) is 0 Å². The SMILES string of the molecule is CNC(=O)C1COCCN1Cc1c(N)cccc1F. The Hall–Kier alpha value is -1.66. The Morgan fingerprint density at radius 1 is 1.63 bits per heavy atom. The van der Waals surface area contributed by atoms with Gasteiger partial charge in [-0.25, -0.2) is 4.39 Å². The summed E-state index contributed by atoms with van der Waals surface area (Å²) in [5.74, 6) is -0.475. The van der Waals surface area contributed by atoms with Crippen LogP contribution in [-0.4, -0.2) is 43.7 Å². The molecule has 1 aromatic rings. The summed E-state index contributed by atoms with van der Waals surface area (Å²) >= 11 is 0. The van der Waals surface area contributed by atoms with Crippen LogP contribution in [0.15, 0.2) is 18.2 Å². The van der Waals surface area contributed by atoms with Crippen molar-refractivity contribution in [3.8, 4) is 0 Å². The van der Waals surface area contributed by atoms with E-state index in [1.165, 1.54) is 6.07 Å². The van der Waals surface area contributed by atoms with E-state index in [1.807, 2.05) is 4.90 Å². The molecule has 1 atom stereocenters. The molecule has 19 heavy (non-hydrogen) atoms. The molecule has 0 spiro atoms. The lowest BCUT2D eigenvalue weighted by Gasteiger charge is -2.34. The summed E-state index contributed by atoms with van der Waals surface area (Å²) in [4.78, 5) is 13.7. The monoisotopic (exact) mass is 267 g/mol. The molecule has 104 valence electrons. The van der Waals surface area contributed by atoms with E-state index in [1.54, 1.807) is 19.2 Å². The van der Waals surface area contributed by atoms with Crippen molar-refractivity contribution >= 4 is 11.6 Å². The molecule has 1 amide bonds. The van der Waals surface area contributed by atoms with Crippen molar-refractivity contribution in [1.29, 1.82) is 0 Å². The molecule has 3 N–H and O–H groups in total. The van der Waals surface area contributed by atoms with E-state index >= 15 is 0 Å². The van der Waals surface area contributed by atoms with E-state index in [2.05, 4.69) is 5.32 Å². The van der Waals surface area contributed by atoms with Gasteiger partial charge in [0.2, 0.25) is 5.91 Å². The van der Waals surface area contributed by atoms with Crippen LogP contribution in [0, 0.1) is 5.82 Å². The molecule has 6 heteroatoms. The number of carbonyl (C=O) groups excluding carboxylic acids is 1. The van der Waals surface area contributed by atoms with E-state index in [0.29, 0.717) is 37.6 Å². The van der Waals surface area contributed by atoms with E-state index in [4.69, 9.17) is 10.5 Å². The first-order valence-electron chi connectivity index (χ1n) is 6.19. The number of nitrogens with one attached hydrogen (secondary N) is 1. The van der Waals surface area contributed by atoms with Crippen LogP contribution in [-0.2, 0) is 16.1 Å². The third-order valence-corrected chi connectivity index (χ3v) is 3.30. The lowest BCUT2D eigenvalue weighted by molar-refractivity contribution is -0.132. The summed E-state index contributed by atoms with van der Waals surface area (Å²) in [6.45, 7) is 1.72. The predicted octanol–water partition coefficient (Wildman–Crippen LogP) is 0.355. The number of ether oxygens (including phenoxy) is 1. The van der Waals surface area contributed by atoms with Crippen LogP contribution in [0.25, 0.3) is 0 Å². The molecular weight excluding hydrogens is 249 g/mol. The zero-order valence-electron chi connectivity index (χ0n) is 10.9. The first-order valence-corrected chi connectivity index (χ1v) is 6.19. The van der Waals surface area contributed by atoms with Crippen LogP contribution in [0.1, 0.15) is 5.56 Å². The van der Waals surface area contributed by atoms with E-state index in [9.17, 15) is 9.18 Å². The second-order valence-corrected chi connectivity index (χ2v) is 4.48. The maximum atomic E-state index is 13.8. The van der Waals surface area contributed by atoms with Gasteiger partial charge < -0.3 is 15.8 Å². The fraction of sp³-hybridized carbons (Fsp3) is 0.462. The summed E-state index contributed by atoms with van der Waals surface area (Å²) in [6.07, 6.45) is 0. The van der Waals surface area contributed by atoms with Crippen molar-refractivity contribution in [2.45, 2.75) is 12.6 Å². The molecule has 0 bridgehead atoms. The zero-order chi connectivity index (χ0) is 13.8. The van der Waals surface area contributed by atoms with Gasteiger partial charge in [0.05, 0.1) is 13.2 Å². The van der Waals surface area contributed by atoms with Gasteiger partial charge in [0, 0.05) is 31.4 Å². The molecule has 1 aromatic carbocycles. The van der Waals surface area contributed by atoms with E-state index < -0.39 is 6.04 Å². The van der Waals surface area contributed by atoms with Crippen LogP contribution in [0.2, 0.25) is 0 Å². The maximum absolute atomic E-state index is 13.8. The molecular formula is C13H18FN3O2. The van der Waals surface area contributed by atoms with Crippen LogP contribution in [0.3, 0.4) is 0 Å². The minimum absolute atomic E-state index is 0.130. The normalized spacial score (nSPS) is 20.2. The molecule has 1 heterocycles. The molecule has 1 saturated heterocycles. The molecule has 2 rings (SSSR count). The number of benzene rings is 1. The minimum atomic E-state index is -0.405. The molecule has 0 aromatic heterocycles. The molecule has 1 fully saturated rings. The predicted molar refractivity (Wildman–Crippen MR) is 69.9 cm³/mol. The number of nitrogens with zero attached hydrogens (tertiary/aromatic N) is 1. The number of rotatable bonds is 3. The van der Waals surface area contributed by atoms with Gasteiger partial charge in [-0.05, 0) is 12.1 Å². The first kappa shape index (κ1) is 13.8. The average molecular weight is 267 g/mol. The smallest absolute Gasteiger partial charge is 0.239 e. The van der Waals surface area contributed by atoms with Gasteiger partial charge in [-0.2, -0.15) is 0 Å². The van der Waals surface area contributed by atoms with Crippen molar-refractivity contribution in [1.82, 2.24) is 10.2 Å². The minimum Gasteiger partial charge on any atom is -0.398 e. The zero-order valence-corrected chi connectivity index (χ0v) is 10.9. The number of carbonyl (C=O) groups is 1. The summed E-state index contributed by atoms with van der Waals surface area (Å²) in [6, 6.07) is 4.20. The van der Waals surface area contributed by atoms with Crippen molar-refractivity contribution in [3.05, 3.63) is 29.6 Å². The molecule has 0 aliphatic carbocycles. The third kappa shape index (κ3) is 3.02. The Morgan fingerprint density at radius 2 is 2.42 bits per heavy atom.